The van der Waals surface area contributed by atoms with Crippen LogP contribution in [0.5, 0.6) is 0 Å². The van der Waals surface area contributed by atoms with E-state index in [0.29, 0.717) is 24.2 Å². The van der Waals surface area contributed by atoms with Crippen LogP contribution in [0.1, 0.15) is 43.1 Å². The SMILES string of the molecule is CCOC(c1ccccc1)c1noc(C(C)C2CNC2)n1. The number of hydrogen-bond acceptors (Lipinski definition) is 5. The predicted molar refractivity (Wildman–Crippen MR) is 79.0 cm³/mol. The van der Waals surface area contributed by atoms with E-state index < -0.39 is 0 Å². The van der Waals surface area contributed by atoms with E-state index >= 15 is 0 Å². The predicted octanol–water partition coefficient (Wildman–Crippen LogP) is 2.52. The molecule has 0 spiro atoms. The summed E-state index contributed by atoms with van der Waals surface area (Å²) in [7, 11) is 0. The first-order chi connectivity index (χ1) is 10.3. The Hall–Kier alpha value is -1.72. The summed E-state index contributed by atoms with van der Waals surface area (Å²) in [6, 6.07) is 10.0. The highest BCUT2D eigenvalue weighted by Gasteiger charge is 2.30. The number of ether oxygens (including phenoxy) is 1. The van der Waals surface area contributed by atoms with Crippen LogP contribution in [-0.2, 0) is 4.74 Å². The van der Waals surface area contributed by atoms with Crippen molar-refractivity contribution in [1.82, 2.24) is 15.5 Å². The van der Waals surface area contributed by atoms with Crippen molar-refractivity contribution in [3.63, 3.8) is 0 Å². The molecule has 5 heteroatoms. The van der Waals surface area contributed by atoms with Crippen molar-refractivity contribution in [2.24, 2.45) is 5.92 Å². The Bertz CT molecular complexity index is 566. The molecule has 0 aliphatic carbocycles. The van der Waals surface area contributed by atoms with Crippen LogP contribution in [0.15, 0.2) is 34.9 Å². The maximum Gasteiger partial charge on any atom is 0.229 e. The number of aromatic nitrogens is 2. The summed E-state index contributed by atoms with van der Waals surface area (Å²) in [6.07, 6.45) is -0.264. The Morgan fingerprint density at radius 2 is 2.10 bits per heavy atom. The van der Waals surface area contributed by atoms with E-state index in [1.54, 1.807) is 0 Å². The van der Waals surface area contributed by atoms with E-state index in [2.05, 4.69) is 22.4 Å². The van der Waals surface area contributed by atoms with Crippen LogP contribution in [0.25, 0.3) is 0 Å². The lowest BCUT2D eigenvalue weighted by Gasteiger charge is -2.30. The average molecular weight is 287 g/mol. The number of hydrogen-bond donors (Lipinski definition) is 1. The van der Waals surface area contributed by atoms with Crippen LogP contribution in [-0.4, -0.2) is 29.8 Å². The lowest BCUT2D eigenvalue weighted by Crippen LogP contribution is -2.44. The summed E-state index contributed by atoms with van der Waals surface area (Å²) in [5.41, 5.74) is 1.05. The van der Waals surface area contributed by atoms with Crippen LogP contribution in [0.3, 0.4) is 0 Å². The second-order valence-electron chi connectivity index (χ2n) is 5.44. The topological polar surface area (TPSA) is 60.2 Å². The monoisotopic (exact) mass is 287 g/mol. The molecule has 21 heavy (non-hydrogen) atoms. The maximum atomic E-state index is 5.81. The molecule has 2 heterocycles. The number of rotatable bonds is 6. The zero-order valence-corrected chi connectivity index (χ0v) is 12.5. The highest BCUT2D eigenvalue weighted by molar-refractivity contribution is 5.22. The standard InChI is InChI=1S/C16H21N3O2/c1-3-20-14(12-7-5-4-6-8-12)15-18-16(21-19-15)11(2)13-9-17-10-13/h4-8,11,13-14,17H,3,9-10H2,1-2H3. The van der Waals surface area contributed by atoms with Crippen molar-refractivity contribution in [1.29, 1.82) is 0 Å². The van der Waals surface area contributed by atoms with Crippen LogP contribution >= 0.6 is 0 Å². The van der Waals surface area contributed by atoms with Gasteiger partial charge in [0.1, 0.15) is 6.10 Å². The van der Waals surface area contributed by atoms with Crippen molar-refractivity contribution in [2.45, 2.75) is 25.9 Å². The molecule has 1 aliphatic heterocycles. The zero-order chi connectivity index (χ0) is 14.7. The Morgan fingerprint density at radius 1 is 1.33 bits per heavy atom. The third kappa shape index (κ3) is 2.99. The quantitative estimate of drug-likeness (QED) is 0.884. The third-order valence-corrected chi connectivity index (χ3v) is 4.04. The third-order valence-electron chi connectivity index (χ3n) is 4.04. The van der Waals surface area contributed by atoms with E-state index in [1.807, 2.05) is 37.3 Å². The Balaban J connectivity index is 1.81. The van der Waals surface area contributed by atoms with Crippen molar-refractivity contribution < 1.29 is 9.26 Å². The Morgan fingerprint density at radius 3 is 2.71 bits per heavy atom. The summed E-state index contributed by atoms with van der Waals surface area (Å²) in [5.74, 6) is 2.18. The van der Waals surface area contributed by atoms with Gasteiger partial charge >= 0.3 is 0 Å². The second kappa shape index (κ2) is 6.37. The highest BCUT2D eigenvalue weighted by Crippen LogP contribution is 2.29. The van der Waals surface area contributed by atoms with Crippen molar-refractivity contribution in [3.8, 4) is 0 Å². The fourth-order valence-corrected chi connectivity index (χ4v) is 2.52. The number of nitrogens with one attached hydrogen (secondary N) is 1. The van der Waals surface area contributed by atoms with Crippen LogP contribution in [0.2, 0.25) is 0 Å². The molecule has 1 saturated heterocycles. The minimum atomic E-state index is -0.264. The summed E-state index contributed by atoms with van der Waals surface area (Å²) < 4.78 is 11.3. The summed E-state index contributed by atoms with van der Waals surface area (Å²) in [5, 5.41) is 7.41. The normalized spacial score (nSPS) is 18.2. The lowest BCUT2D eigenvalue weighted by molar-refractivity contribution is 0.0833. The highest BCUT2D eigenvalue weighted by atomic mass is 16.5. The van der Waals surface area contributed by atoms with E-state index in [4.69, 9.17) is 9.26 Å². The summed E-state index contributed by atoms with van der Waals surface area (Å²) >= 11 is 0. The molecule has 2 aromatic rings. The molecule has 1 aliphatic rings. The molecule has 112 valence electrons. The Kier molecular flexibility index (Phi) is 4.31. The molecule has 2 atom stereocenters. The van der Waals surface area contributed by atoms with Gasteiger partial charge < -0.3 is 14.6 Å². The molecule has 0 saturated carbocycles. The largest absolute Gasteiger partial charge is 0.366 e. The van der Waals surface area contributed by atoms with Gasteiger partial charge in [0, 0.05) is 12.5 Å². The smallest absolute Gasteiger partial charge is 0.229 e. The fraction of sp³-hybridized carbons (Fsp3) is 0.500. The first kappa shape index (κ1) is 14.2. The minimum absolute atomic E-state index is 0.264. The van der Waals surface area contributed by atoms with Gasteiger partial charge in [-0.1, -0.05) is 42.4 Å². The van der Waals surface area contributed by atoms with E-state index in [0.717, 1.165) is 18.7 Å². The molecule has 1 aromatic heterocycles. The van der Waals surface area contributed by atoms with Gasteiger partial charge in [0.2, 0.25) is 11.7 Å². The molecule has 0 bridgehead atoms. The van der Waals surface area contributed by atoms with Gasteiger partial charge in [0.05, 0.1) is 0 Å². The molecule has 1 N–H and O–H groups in total. The van der Waals surface area contributed by atoms with Gasteiger partial charge in [0.25, 0.3) is 0 Å². The molecule has 2 unspecified atom stereocenters. The molecule has 1 fully saturated rings. The first-order valence-corrected chi connectivity index (χ1v) is 7.50. The molecule has 0 amide bonds. The first-order valence-electron chi connectivity index (χ1n) is 7.50. The van der Waals surface area contributed by atoms with Gasteiger partial charge in [-0.15, -0.1) is 0 Å². The van der Waals surface area contributed by atoms with Crippen LogP contribution in [0, 0.1) is 5.92 Å². The van der Waals surface area contributed by atoms with Gasteiger partial charge in [-0.2, -0.15) is 4.98 Å². The van der Waals surface area contributed by atoms with E-state index in [9.17, 15) is 0 Å². The molecule has 0 radical (unpaired) electrons. The van der Waals surface area contributed by atoms with Gasteiger partial charge in [-0.05, 0) is 31.5 Å². The van der Waals surface area contributed by atoms with Crippen molar-refractivity contribution in [2.75, 3.05) is 19.7 Å². The second-order valence-corrected chi connectivity index (χ2v) is 5.44. The van der Waals surface area contributed by atoms with E-state index in [-0.39, 0.29) is 12.0 Å². The van der Waals surface area contributed by atoms with Crippen LogP contribution < -0.4 is 5.32 Å². The van der Waals surface area contributed by atoms with Crippen LogP contribution in [0.4, 0.5) is 0 Å². The average Bonchev–Trinajstić information content (AvgIpc) is 2.93. The van der Waals surface area contributed by atoms with Gasteiger partial charge in [-0.25, -0.2) is 0 Å². The minimum Gasteiger partial charge on any atom is -0.366 e. The lowest BCUT2D eigenvalue weighted by atomic mass is 9.89. The molecule has 5 nitrogen and oxygen atoms in total. The van der Waals surface area contributed by atoms with Crippen molar-refractivity contribution in [3.05, 3.63) is 47.6 Å². The summed E-state index contributed by atoms with van der Waals surface area (Å²) in [4.78, 5) is 4.58. The maximum absolute atomic E-state index is 5.81. The molecule has 1 aromatic carbocycles. The van der Waals surface area contributed by atoms with Crippen molar-refractivity contribution >= 4 is 0 Å². The molecular weight excluding hydrogens is 266 g/mol. The van der Waals surface area contributed by atoms with Gasteiger partial charge in [0.15, 0.2) is 0 Å². The fourth-order valence-electron chi connectivity index (χ4n) is 2.52. The molecule has 3 rings (SSSR count). The van der Waals surface area contributed by atoms with E-state index in [1.165, 1.54) is 0 Å². The zero-order valence-electron chi connectivity index (χ0n) is 12.5. The molecular formula is C16H21N3O2. The number of benzene rings is 1. The number of nitrogens with zero attached hydrogens (tertiary/aromatic N) is 2. The van der Waals surface area contributed by atoms with Gasteiger partial charge in [-0.3, -0.25) is 0 Å². The Labute approximate surface area is 124 Å². The summed E-state index contributed by atoms with van der Waals surface area (Å²) in [6.45, 7) is 6.75.